The lowest BCUT2D eigenvalue weighted by Gasteiger charge is -2.26. The second kappa shape index (κ2) is 8.96. The number of nitrogens with zero attached hydrogens (tertiary/aromatic N) is 2. The summed E-state index contributed by atoms with van der Waals surface area (Å²) >= 11 is 6.04. The number of carbonyl (C=O) groups is 1. The van der Waals surface area contributed by atoms with Gasteiger partial charge in [0.2, 0.25) is 5.91 Å². The second-order valence-electron chi connectivity index (χ2n) is 6.59. The SMILES string of the molecule is COc1ccc([C@@H]2CCCN2CC(=O)Nc2ccc(C#N)c(Cl)c2)c(OC)c1. The van der Waals surface area contributed by atoms with Gasteiger partial charge in [-0.3, -0.25) is 9.69 Å². The predicted octanol–water partition coefficient (Wildman–Crippen LogP) is 4.00. The largest absolute Gasteiger partial charge is 0.497 e. The van der Waals surface area contributed by atoms with Crippen molar-refractivity contribution in [3.8, 4) is 17.6 Å². The van der Waals surface area contributed by atoms with Crippen molar-refractivity contribution in [3.63, 3.8) is 0 Å². The van der Waals surface area contributed by atoms with Gasteiger partial charge in [-0.25, -0.2) is 0 Å². The highest BCUT2D eigenvalue weighted by Gasteiger charge is 2.30. The van der Waals surface area contributed by atoms with Crippen molar-refractivity contribution in [1.29, 1.82) is 5.26 Å². The lowest BCUT2D eigenvalue weighted by atomic mass is 10.0. The quantitative estimate of drug-likeness (QED) is 0.794. The van der Waals surface area contributed by atoms with E-state index in [4.69, 9.17) is 26.3 Å². The molecule has 0 spiro atoms. The van der Waals surface area contributed by atoms with Crippen LogP contribution in [0.25, 0.3) is 0 Å². The zero-order valence-corrected chi connectivity index (χ0v) is 16.6. The smallest absolute Gasteiger partial charge is 0.238 e. The molecule has 1 heterocycles. The molecular formula is C21H22ClN3O3. The molecule has 6 nitrogen and oxygen atoms in total. The van der Waals surface area contributed by atoms with Crippen LogP contribution in [0.1, 0.15) is 30.0 Å². The molecule has 1 saturated heterocycles. The minimum Gasteiger partial charge on any atom is -0.497 e. The summed E-state index contributed by atoms with van der Waals surface area (Å²) in [6.07, 6.45) is 1.97. The number of nitrogens with one attached hydrogen (secondary N) is 1. The number of ether oxygens (including phenoxy) is 2. The van der Waals surface area contributed by atoms with E-state index in [1.54, 1.807) is 32.4 Å². The molecule has 1 aliphatic rings. The van der Waals surface area contributed by atoms with Gasteiger partial charge in [-0.1, -0.05) is 17.7 Å². The third kappa shape index (κ3) is 4.38. The Hall–Kier alpha value is -2.75. The maximum atomic E-state index is 12.6. The molecule has 2 aromatic rings. The van der Waals surface area contributed by atoms with Gasteiger partial charge >= 0.3 is 0 Å². The van der Waals surface area contributed by atoms with Crippen molar-refractivity contribution in [2.24, 2.45) is 0 Å². The number of benzene rings is 2. The molecule has 0 aliphatic carbocycles. The van der Waals surface area contributed by atoms with E-state index in [1.165, 1.54) is 0 Å². The van der Waals surface area contributed by atoms with Gasteiger partial charge in [-0.2, -0.15) is 5.26 Å². The van der Waals surface area contributed by atoms with Crippen LogP contribution in [-0.4, -0.2) is 38.1 Å². The first kappa shape index (κ1) is 20.0. The van der Waals surface area contributed by atoms with Gasteiger partial charge in [0, 0.05) is 23.4 Å². The van der Waals surface area contributed by atoms with Crippen LogP contribution in [-0.2, 0) is 4.79 Å². The van der Waals surface area contributed by atoms with Crippen LogP contribution in [0.2, 0.25) is 5.02 Å². The van der Waals surface area contributed by atoms with E-state index >= 15 is 0 Å². The van der Waals surface area contributed by atoms with Crippen LogP contribution in [0.4, 0.5) is 5.69 Å². The summed E-state index contributed by atoms with van der Waals surface area (Å²) in [6.45, 7) is 1.10. The van der Waals surface area contributed by atoms with Crippen LogP contribution < -0.4 is 14.8 Å². The third-order valence-electron chi connectivity index (χ3n) is 4.88. The van der Waals surface area contributed by atoms with Crippen molar-refractivity contribution in [2.75, 3.05) is 32.6 Å². The highest BCUT2D eigenvalue weighted by molar-refractivity contribution is 6.32. The molecule has 0 bridgehead atoms. The van der Waals surface area contributed by atoms with E-state index in [0.29, 0.717) is 16.3 Å². The lowest BCUT2D eigenvalue weighted by molar-refractivity contribution is -0.117. The molecule has 3 rings (SSSR count). The van der Waals surface area contributed by atoms with Crippen molar-refractivity contribution in [1.82, 2.24) is 4.90 Å². The topological polar surface area (TPSA) is 74.6 Å². The Balaban J connectivity index is 1.71. The monoisotopic (exact) mass is 399 g/mol. The van der Waals surface area contributed by atoms with Crippen LogP contribution in [0.15, 0.2) is 36.4 Å². The number of nitriles is 1. The highest BCUT2D eigenvalue weighted by Crippen LogP contribution is 2.38. The fourth-order valence-electron chi connectivity index (χ4n) is 3.53. The number of rotatable bonds is 6. The summed E-state index contributed by atoms with van der Waals surface area (Å²) < 4.78 is 10.8. The molecule has 7 heteroatoms. The Morgan fingerprint density at radius 2 is 2.11 bits per heavy atom. The zero-order chi connectivity index (χ0) is 20.1. The van der Waals surface area contributed by atoms with Gasteiger partial charge in [-0.05, 0) is 43.7 Å². The van der Waals surface area contributed by atoms with Gasteiger partial charge < -0.3 is 14.8 Å². The average Bonchev–Trinajstić information content (AvgIpc) is 3.15. The van der Waals surface area contributed by atoms with Gasteiger partial charge in [0.15, 0.2) is 0 Å². The van der Waals surface area contributed by atoms with Crippen molar-refractivity contribution < 1.29 is 14.3 Å². The maximum absolute atomic E-state index is 12.6. The maximum Gasteiger partial charge on any atom is 0.238 e. The normalized spacial score (nSPS) is 16.4. The van der Waals surface area contributed by atoms with Crippen LogP contribution >= 0.6 is 11.6 Å². The summed E-state index contributed by atoms with van der Waals surface area (Å²) in [4.78, 5) is 14.7. The van der Waals surface area contributed by atoms with Gasteiger partial charge in [0.25, 0.3) is 0 Å². The van der Waals surface area contributed by atoms with E-state index in [9.17, 15) is 4.79 Å². The number of carbonyl (C=O) groups excluding carboxylic acids is 1. The molecular weight excluding hydrogens is 378 g/mol. The number of methoxy groups -OCH3 is 2. The Kier molecular flexibility index (Phi) is 6.40. The van der Waals surface area contributed by atoms with E-state index in [-0.39, 0.29) is 18.5 Å². The van der Waals surface area contributed by atoms with E-state index in [1.807, 2.05) is 24.3 Å². The summed E-state index contributed by atoms with van der Waals surface area (Å²) in [7, 11) is 3.26. The summed E-state index contributed by atoms with van der Waals surface area (Å²) in [6, 6.07) is 12.7. The van der Waals surface area contributed by atoms with Crippen molar-refractivity contribution in [2.45, 2.75) is 18.9 Å². The molecule has 0 aromatic heterocycles. The van der Waals surface area contributed by atoms with Crippen molar-refractivity contribution in [3.05, 3.63) is 52.5 Å². The molecule has 1 atom stereocenters. The van der Waals surface area contributed by atoms with Gasteiger partial charge in [0.1, 0.15) is 17.6 Å². The van der Waals surface area contributed by atoms with Crippen LogP contribution in [0, 0.1) is 11.3 Å². The number of anilines is 1. The first-order valence-electron chi connectivity index (χ1n) is 9.01. The number of likely N-dealkylation sites (tertiary alicyclic amines) is 1. The van der Waals surface area contributed by atoms with Crippen molar-refractivity contribution >= 4 is 23.2 Å². The Labute approximate surface area is 169 Å². The fourth-order valence-corrected chi connectivity index (χ4v) is 3.75. The van der Waals surface area contributed by atoms with Gasteiger partial charge in [-0.15, -0.1) is 0 Å². The number of amides is 1. The zero-order valence-electron chi connectivity index (χ0n) is 15.9. The van der Waals surface area contributed by atoms with E-state index in [2.05, 4.69) is 10.2 Å². The fraction of sp³-hybridized carbons (Fsp3) is 0.333. The van der Waals surface area contributed by atoms with E-state index in [0.717, 1.165) is 36.4 Å². The molecule has 1 amide bonds. The Morgan fingerprint density at radius 1 is 1.29 bits per heavy atom. The molecule has 2 aromatic carbocycles. The molecule has 28 heavy (non-hydrogen) atoms. The lowest BCUT2D eigenvalue weighted by Crippen LogP contribution is -2.33. The molecule has 0 saturated carbocycles. The molecule has 1 fully saturated rings. The molecule has 146 valence electrons. The molecule has 0 unspecified atom stereocenters. The molecule has 1 N–H and O–H groups in total. The second-order valence-corrected chi connectivity index (χ2v) is 7.00. The Morgan fingerprint density at radius 3 is 2.79 bits per heavy atom. The average molecular weight is 400 g/mol. The molecule has 1 aliphatic heterocycles. The Bertz CT molecular complexity index is 910. The number of hydrogen-bond acceptors (Lipinski definition) is 5. The number of hydrogen-bond donors (Lipinski definition) is 1. The first-order chi connectivity index (χ1) is 13.5. The minimum atomic E-state index is -0.125. The number of halogens is 1. The van der Waals surface area contributed by atoms with Gasteiger partial charge in [0.05, 0.1) is 31.4 Å². The van der Waals surface area contributed by atoms with Crippen LogP contribution in [0.3, 0.4) is 0 Å². The van der Waals surface area contributed by atoms with Crippen LogP contribution in [0.5, 0.6) is 11.5 Å². The highest BCUT2D eigenvalue weighted by atomic mass is 35.5. The minimum absolute atomic E-state index is 0.108. The third-order valence-corrected chi connectivity index (χ3v) is 5.20. The van der Waals surface area contributed by atoms with E-state index < -0.39 is 0 Å². The standard InChI is InChI=1S/C21H22ClN3O3/c1-27-16-7-8-17(20(11-16)28-2)19-4-3-9-25(19)13-21(26)24-15-6-5-14(12-23)18(22)10-15/h5-8,10-11,19H,3-4,9,13H2,1-2H3,(H,24,26)/t19-/m0/s1. The summed E-state index contributed by atoms with van der Waals surface area (Å²) in [5.74, 6) is 1.37. The summed E-state index contributed by atoms with van der Waals surface area (Å²) in [5, 5.41) is 12.1. The molecule has 0 radical (unpaired) electrons. The first-order valence-corrected chi connectivity index (χ1v) is 9.39. The summed E-state index contributed by atoms with van der Waals surface area (Å²) in [5.41, 5.74) is 2.01. The predicted molar refractivity (Wildman–Crippen MR) is 108 cm³/mol.